The molecule has 2 heterocycles. The van der Waals surface area contributed by atoms with E-state index in [9.17, 15) is 9.18 Å². The van der Waals surface area contributed by atoms with Gasteiger partial charge in [0.05, 0.1) is 5.02 Å². The minimum atomic E-state index is -0.774. The number of amides is 1. The standard InChI is InChI=1S/C22H22ClFN2O/c1-14-7-8-19-16(13-14)21(2,3)22(25-20(27)10-12-26(19)22)11-9-15-17(23)5-4-6-18(15)24/h4-9,11,13H,10,12H2,1-3H3,(H,25,27)/b11-9+/t22-/m0/s1. The topological polar surface area (TPSA) is 32.3 Å². The first kappa shape index (κ1) is 18.1. The van der Waals surface area contributed by atoms with Crippen molar-refractivity contribution in [2.24, 2.45) is 0 Å². The molecule has 27 heavy (non-hydrogen) atoms. The van der Waals surface area contributed by atoms with E-state index < -0.39 is 11.1 Å². The van der Waals surface area contributed by atoms with Gasteiger partial charge in [0.1, 0.15) is 11.5 Å². The molecule has 0 saturated carbocycles. The Morgan fingerprint density at radius 3 is 2.78 bits per heavy atom. The monoisotopic (exact) mass is 384 g/mol. The minimum Gasteiger partial charge on any atom is -0.344 e. The van der Waals surface area contributed by atoms with Gasteiger partial charge in [-0.3, -0.25) is 4.79 Å². The summed E-state index contributed by atoms with van der Waals surface area (Å²) < 4.78 is 14.3. The van der Waals surface area contributed by atoms with Crippen molar-refractivity contribution in [3.05, 3.63) is 70.0 Å². The Bertz CT molecular complexity index is 949. The molecule has 1 N–H and O–H groups in total. The van der Waals surface area contributed by atoms with Crippen LogP contribution in [0.25, 0.3) is 6.08 Å². The number of carbonyl (C=O) groups excluding carboxylic acids is 1. The van der Waals surface area contributed by atoms with E-state index in [1.807, 2.05) is 6.08 Å². The number of rotatable bonds is 2. The van der Waals surface area contributed by atoms with Crippen LogP contribution in [0, 0.1) is 12.7 Å². The molecule has 5 heteroatoms. The first-order chi connectivity index (χ1) is 12.8. The van der Waals surface area contributed by atoms with E-state index in [0.717, 1.165) is 5.69 Å². The summed E-state index contributed by atoms with van der Waals surface area (Å²) in [5.74, 6) is -0.388. The predicted molar refractivity (Wildman–Crippen MR) is 107 cm³/mol. The summed E-state index contributed by atoms with van der Waals surface area (Å²) in [4.78, 5) is 14.6. The van der Waals surface area contributed by atoms with Gasteiger partial charge >= 0.3 is 0 Å². The van der Waals surface area contributed by atoms with Gasteiger partial charge in [-0.15, -0.1) is 0 Å². The minimum absolute atomic E-state index is 0.00636. The van der Waals surface area contributed by atoms with Crippen molar-refractivity contribution in [2.75, 3.05) is 11.4 Å². The van der Waals surface area contributed by atoms with Crippen LogP contribution in [0.15, 0.2) is 42.5 Å². The average Bonchev–Trinajstić information content (AvgIpc) is 2.79. The Kier molecular flexibility index (Phi) is 4.08. The van der Waals surface area contributed by atoms with Crippen LogP contribution in [0.1, 0.15) is 37.0 Å². The maximum atomic E-state index is 14.3. The van der Waals surface area contributed by atoms with E-state index >= 15 is 0 Å². The van der Waals surface area contributed by atoms with Gasteiger partial charge < -0.3 is 10.2 Å². The molecule has 140 valence electrons. The molecular weight excluding hydrogens is 363 g/mol. The maximum Gasteiger partial charge on any atom is 0.223 e. The fraction of sp³-hybridized carbons (Fsp3) is 0.318. The van der Waals surface area contributed by atoms with Crippen molar-refractivity contribution < 1.29 is 9.18 Å². The van der Waals surface area contributed by atoms with Crippen molar-refractivity contribution in [1.29, 1.82) is 0 Å². The zero-order valence-corrected chi connectivity index (χ0v) is 16.4. The van der Waals surface area contributed by atoms with Crippen LogP contribution in [0.2, 0.25) is 5.02 Å². The second-order valence-electron chi connectivity index (χ2n) is 7.83. The Morgan fingerprint density at radius 2 is 2.04 bits per heavy atom. The van der Waals surface area contributed by atoms with Crippen LogP contribution in [-0.4, -0.2) is 18.1 Å². The van der Waals surface area contributed by atoms with Crippen LogP contribution in [0.3, 0.4) is 0 Å². The number of nitrogens with zero attached hydrogens (tertiary/aromatic N) is 1. The van der Waals surface area contributed by atoms with Crippen molar-refractivity contribution in [2.45, 2.75) is 38.3 Å². The Labute approximate surface area is 163 Å². The van der Waals surface area contributed by atoms with Gasteiger partial charge in [0.2, 0.25) is 5.91 Å². The summed E-state index contributed by atoms with van der Waals surface area (Å²) in [7, 11) is 0. The fourth-order valence-electron chi connectivity index (χ4n) is 4.34. The lowest BCUT2D eigenvalue weighted by atomic mass is 9.74. The van der Waals surface area contributed by atoms with Crippen molar-refractivity contribution in [3.8, 4) is 0 Å². The summed E-state index contributed by atoms with van der Waals surface area (Å²) in [6, 6.07) is 11.0. The predicted octanol–water partition coefficient (Wildman–Crippen LogP) is 4.81. The molecule has 1 saturated heterocycles. The molecule has 0 unspecified atom stereocenters. The third kappa shape index (κ3) is 2.58. The van der Waals surface area contributed by atoms with Gasteiger partial charge in [-0.2, -0.15) is 0 Å². The molecule has 4 rings (SSSR count). The number of anilines is 1. The van der Waals surface area contributed by atoms with Crippen LogP contribution >= 0.6 is 11.6 Å². The molecule has 1 amide bonds. The van der Waals surface area contributed by atoms with Gasteiger partial charge in [-0.1, -0.05) is 55.3 Å². The quantitative estimate of drug-likeness (QED) is 0.805. The summed E-state index contributed by atoms with van der Waals surface area (Å²) in [5.41, 5.74) is 2.60. The highest BCUT2D eigenvalue weighted by Gasteiger charge is 2.57. The highest BCUT2D eigenvalue weighted by atomic mass is 35.5. The summed E-state index contributed by atoms with van der Waals surface area (Å²) >= 11 is 6.21. The number of nitrogens with one attached hydrogen (secondary N) is 1. The smallest absolute Gasteiger partial charge is 0.223 e. The number of hydrogen-bond acceptors (Lipinski definition) is 2. The SMILES string of the molecule is Cc1ccc2c(c1)C(C)(C)[C@@]1(/C=C/c3c(F)cccc3Cl)NC(=O)CCN21. The van der Waals surface area contributed by atoms with Crippen molar-refractivity contribution >= 4 is 29.3 Å². The lowest BCUT2D eigenvalue weighted by molar-refractivity contribution is -0.124. The lowest BCUT2D eigenvalue weighted by Crippen LogP contribution is -2.68. The number of fused-ring (bicyclic) bond motifs is 3. The number of halogens is 2. The third-order valence-corrected chi connectivity index (χ3v) is 6.21. The van der Waals surface area contributed by atoms with E-state index in [1.54, 1.807) is 18.2 Å². The van der Waals surface area contributed by atoms with Gasteiger partial charge in [-0.25, -0.2) is 4.39 Å². The van der Waals surface area contributed by atoms with Crippen LogP contribution in [0.5, 0.6) is 0 Å². The van der Waals surface area contributed by atoms with Gasteiger partial charge in [0, 0.05) is 29.6 Å². The molecule has 0 bridgehead atoms. The molecule has 0 aromatic heterocycles. The number of aryl methyl sites for hydroxylation is 1. The third-order valence-electron chi connectivity index (χ3n) is 5.88. The molecule has 2 aromatic carbocycles. The molecule has 0 radical (unpaired) electrons. The maximum absolute atomic E-state index is 14.3. The number of benzene rings is 2. The van der Waals surface area contributed by atoms with Gasteiger partial charge in [0.15, 0.2) is 0 Å². The number of hydrogen-bond donors (Lipinski definition) is 1. The molecule has 2 aliphatic rings. The summed E-state index contributed by atoms with van der Waals surface area (Å²) in [5, 5.41) is 3.54. The normalized spacial score (nSPS) is 23.3. The Balaban J connectivity index is 1.89. The molecule has 2 aliphatic heterocycles. The van der Waals surface area contributed by atoms with Gasteiger partial charge in [-0.05, 0) is 36.8 Å². The van der Waals surface area contributed by atoms with E-state index in [1.165, 1.54) is 17.2 Å². The first-order valence-corrected chi connectivity index (χ1v) is 9.47. The average molecular weight is 385 g/mol. The van der Waals surface area contributed by atoms with E-state index in [0.29, 0.717) is 23.6 Å². The fourth-order valence-corrected chi connectivity index (χ4v) is 4.57. The van der Waals surface area contributed by atoms with E-state index in [-0.39, 0.29) is 11.7 Å². The second kappa shape index (κ2) is 6.10. The van der Waals surface area contributed by atoms with E-state index in [2.05, 4.69) is 49.2 Å². The van der Waals surface area contributed by atoms with E-state index in [4.69, 9.17) is 11.6 Å². The molecular formula is C22H22ClFN2O. The van der Waals surface area contributed by atoms with Gasteiger partial charge in [0.25, 0.3) is 0 Å². The Morgan fingerprint density at radius 1 is 1.26 bits per heavy atom. The molecule has 3 nitrogen and oxygen atoms in total. The summed E-state index contributed by atoms with van der Waals surface area (Å²) in [6.07, 6.45) is 4.01. The molecule has 1 atom stereocenters. The summed E-state index contributed by atoms with van der Waals surface area (Å²) in [6.45, 7) is 6.91. The van der Waals surface area contributed by atoms with Crippen LogP contribution < -0.4 is 10.2 Å². The first-order valence-electron chi connectivity index (χ1n) is 9.09. The number of carbonyl (C=O) groups is 1. The highest BCUT2D eigenvalue weighted by Crippen LogP contribution is 2.52. The van der Waals surface area contributed by atoms with Crippen LogP contribution in [-0.2, 0) is 10.2 Å². The molecule has 0 aliphatic carbocycles. The van der Waals surface area contributed by atoms with Crippen molar-refractivity contribution in [3.63, 3.8) is 0 Å². The highest BCUT2D eigenvalue weighted by molar-refractivity contribution is 6.32. The zero-order valence-electron chi connectivity index (χ0n) is 15.6. The molecule has 2 aromatic rings. The zero-order chi connectivity index (χ0) is 19.4. The van der Waals surface area contributed by atoms with Crippen LogP contribution in [0.4, 0.5) is 10.1 Å². The Hall–Kier alpha value is -2.33. The molecule has 1 fully saturated rings. The molecule has 0 spiro atoms. The van der Waals surface area contributed by atoms with Crippen molar-refractivity contribution in [1.82, 2.24) is 5.32 Å². The lowest BCUT2D eigenvalue weighted by Gasteiger charge is -2.49. The largest absolute Gasteiger partial charge is 0.344 e. The second-order valence-corrected chi connectivity index (χ2v) is 8.24.